The number of likely N-dealkylation sites (tertiary alicyclic amines) is 1. The molecule has 0 aliphatic carbocycles. The van der Waals surface area contributed by atoms with Gasteiger partial charge in [-0.05, 0) is 31.0 Å². The van der Waals surface area contributed by atoms with Gasteiger partial charge in [0.25, 0.3) is 0 Å². The third-order valence-corrected chi connectivity index (χ3v) is 3.49. The summed E-state index contributed by atoms with van der Waals surface area (Å²) in [5, 5.41) is 5.76. The van der Waals surface area contributed by atoms with Gasteiger partial charge < -0.3 is 16.4 Å². The van der Waals surface area contributed by atoms with E-state index in [0.717, 1.165) is 5.69 Å². The molecule has 1 aromatic rings. The van der Waals surface area contributed by atoms with Crippen LogP contribution in [0.25, 0.3) is 0 Å². The number of amides is 2. The van der Waals surface area contributed by atoms with Crippen molar-refractivity contribution in [1.82, 2.24) is 4.90 Å². The van der Waals surface area contributed by atoms with Gasteiger partial charge in [-0.15, -0.1) is 0 Å². The summed E-state index contributed by atoms with van der Waals surface area (Å²) in [5.41, 5.74) is 6.44. The van der Waals surface area contributed by atoms with Crippen LogP contribution >= 0.6 is 0 Å². The van der Waals surface area contributed by atoms with E-state index < -0.39 is 18.8 Å². The van der Waals surface area contributed by atoms with Crippen LogP contribution in [0.5, 0.6) is 0 Å². The zero-order valence-corrected chi connectivity index (χ0v) is 12.0. The van der Waals surface area contributed by atoms with E-state index in [1.165, 1.54) is 4.90 Å². The van der Waals surface area contributed by atoms with Crippen molar-refractivity contribution in [2.24, 2.45) is 5.73 Å². The van der Waals surface area contributed by atoms with Crippen LogP contribution in [0, 0.1) is 0 Å². The zero-order valence-electron chi connectivity index (χ0n) is 12.0. The Labute approximate surface area is 126 Å². The number of carbonyl (C=O) groups is 1. The van der Waals surface area contributed by atoms with Crippen molar-refractivity contribution in [2.45, 2.75) is 25.1 Å². The summed E-state index contributed by atoms with van der Waals surface area (Å²) in [6.07, 6.45) is -2.86. The van der Waals surface area contributed by atoms with Crippen molar-refractivity contribution in [3.8, 4) is 0 Å². The molecule has 4 N–H and O–H groups in total. The molecule has 0 atom stereocenters. The first-order valence-corrected chi connectivity index (χ1v) is 7.04. The number of hydrogen-bond donors (Lipinski definition) is 3. The van der Waals surface area contributed by atoms with Crippen molar-refractivity contribution in [3.05, 3.63) is 24.3 Å². The molecule has 0 bridgehead atoms. The quantitative estimate of drug-likeness (QED) is 0.800. The maximum absolute atomic E-state index is 12.3. The van der Waals surface area contributed by atoms with Crippen molar-refractivity contribution < 1.29 is 18.0 Å². The molecule has 2 amide bonds. The Balaban J connectivity index is 1.84. The summed E-state index contributed by atoms with van der Waals surface area (Å²) in [5.74, 6) is 0. The molecule has 0 radical (unpaired) electrons. The Morgan fingerprint density at radius 1 is 1.27 bits per heavy atom. The standard InChI is InChI=1S/C14H19F3N4O/c15-14(16,17)9-21-6-4-10(5-7-21)19-11-2-1-3-12(8-11)20-13(18)22/h1-3,8,10,19H,4-7,9H2,(H3,18,20,22). The van der Waals surface area contributed by atoms with Crippen LogP contribution in [-0.4, -0.2) is 42.8 Å². The number of hydrogen-bond acceptors (Lipinski definition) is 3. The molecular weight excluding hydrogens is 297 g/mol. The summed E-state index contributed by atoms with van der Waals surface area (Å²) < 4.78 is 37.0. The van der Waals surface area contributed by atoms with Crippen molar-refractivity contribution in [2.75, 3.05) is 30.3 Å². The van der Waals surface area contributed by atoms with Gasteiger partial charge in [0.2, 0.25) is 0 Å². The number of nitrogens with one attached hydrogen (secondary N) is 2. The number of piperidine rings is 1. The molecule has 0 spiro atoms. The van der Waals surface area contributed by atoms with Gasteiger partial charge in [0, 0.05) is 30.5 Å². The zero-order chi connectivity index (χ0) is 16.2. The van der Waals surface area contributed by atoms with E-state index in [1.807, 2.05) is 6.07 Å². The number of benzene rings is 1. The van der Waals surface area contributed by atoms with Gasteiger partial charge in [0.05, 0.1) is 6.54 Å². The molecule has 5 nitrogen and oxygen atoms in total. The lowest BCUT2D eigenvalue weighted by molar-refractivity contribution is -0.147. The molecule has 8 heteroatoms. The second kappa shape index (κ2) is 6.87. The molecule has 0 unspecified atom stereocenters. The third-order valence-electron chi connectivity index (χ3n) is 3.49. The highest BCUT2D eigenvalue weighted by Gasteiger charge is 2.32. The fraction of sp³-hybridized carbons (Fsp3) is 0.500. The van der Waals surface area contributed by atoms with Crippen LogP contribution in [0.2, 0.25) is 0 Å². The maximum Gasteiger partial charge on any atom is 0.401 e. The molecule has 1 aromatic carbocycles. The van der Waals surface area contributed by atoms with E-state index in [1.54, 1.807) is 18.2 Å². The number of carbonyl (C=O) groups excluding carboxylic acids is 1. The smallest absolute Gasteiger partial charge is 0.382 e. The summed E-state index contributed by atoms with van der Waals surface area (Å²) in [4.78, 5) is 12.2. The first-order valence-electron chi connectivity index (χ1n) is 7.04. The van der Waals surface area contributed by atoms with Gasteiger partial charge in [-0.1, -0.05) is 6.07 Å². The number of primary amides is 1. The minimum Gasteiger partial charge on any atom is -0.382 e. The SMILES string of the molecule is NC(=O)Nc1cccc(NC2CCN(CC(F)(F)F)CC2)c1. The molecule has 1 saturated heterocycles. The second-order valence-corrected chi connectivity index (χ2v) is 5.38. The van der Waals surface area contributed by atoms with Crippen LogP contribution in [0.15, 0.2) is 24.3 Å². The van der Waals surface area contributed by atoms with Gasteiger partial charge in [-0.25, -0.2) is 4.79 Å². The minimum absolute atomic E-state index is 0.119. The number of alkyl halides is 3. The Morgan fingerprint density at radius 2 is 1.91 bits per heavy atom. The van der Waals surface area contributed by atoms with Gasteiger partial charge in [0.1, 0.15) is 0 Å². The van der Waals surface area contributed by atoms with E-state index in [2.05, 4.69) is 10.6 Å². The molecule has 1 fully saturated rings. The van der Waals surface area contributed by atoms with E-state index in [9.17, 15) is 18.0 Å². The summed E-state index contributed by atoms with van der Waals surface area (Å²) >= 11 is 0. The Kier molecular flexibility index (Phi) is 5.12. The molecule has 22 heavy (non-hydrogen) atoms. The van der Waals surface area contributed by atoms with Gasteiger partial charge in [-0.2, -0.15) is 13.2 Å². The predicted molar refractivity (Wildman–Crippen MR) is 78.8 cm³/mol. The van der Waals surface area contributed by atoms with Gasteiger partial charge in [0.15, 0.2) is 0 Å². The highest BCUT2D eigenvalue weighted by molar-refractivity contribution is 5.88. The minimum atomic E-state index is -4.14. The largest absolute Gasteiger partial charge is 0.401 e. The van der Waals surface area contributed by atoms with E-state index in [-0.39, 0.29) is 6.04 Å². The number of anilines is 2. The van der Waals surface area contributed by atoms with Crippen molar-refractivity contribution in [1.29, 1.82) is 0 Å². The monoisotopic (exact) mass is 316 g/mol. The molecule has 2 rings (SSSR count). The Bertz CT molecular complexity index is 513. The molecule has 0 aromatic heterocycles. The maximum atomic E-state index is 12.3. The topological polar surface area (TPSA) is 70.4 Å². The highest BCUT2D eigenvalue weighted by Crippen LogP contribution is 2.22. The number of nitrogens with two attached hydrogens (primary N) is 1. The normalized spacial score (nSPS) is 17.2. The van der Waals surface area contributed by atoms with Crippen molar-refractivity contribution in [3.63, 3.8) is 0 Å². The van der Waals surface area contributed by atoms with Crippen LogP contribution in [0.4, 0.5) is 29.3 Å². The lowest BCUT2D eigenvalue weighted by Gasteiger charge is -2.33. The summed E-state index contributed by atoms with van der Waals surface area (Å²) in [6.45, 7) is -0.0233. The number of rotatable bonds is 4. The molecule has 1 aliphatic rings. The van der Waals surface area contributed by atoms with Gasteiger partial charge in [-0.3, -0.25) is 4.90 Å². The highest BCUT2D eigenvalue weighted by atomic mass is 19.4. The van der Waals surface area contributed by atoms with E-state index in [4.69, 9.17) is 5.73 Å². The first kappa shape index (κ1) is 16.4. The lowest BCUT2D eigenvalue weighted by atomic mass is 10.0. The number of nitrogens with zero attached hydrogens (tertiary/aromatic N) is 1. The summed E-state index contributed by atoms with van der Waals surface area (Å²) in [7, 11) is 0. The van der Waals surface area contributed by atoms with E-state index >= 15 is 0 Å². The van der Waals surface area contributed by atoms with Crippen LogP contribution in [0.1, 0.15) is 12.8 Å². The lowest BCUT2D eigenvalue weighted by Crippen LogP contribution is -2.43. The first-order chi connectivity index (χ1) is 10.3. The van der Waals surface area contributed by atoms with Gasteiger partial charge >= 0.3 is 12.2 Å². The molecular formula is C14H19F3N4O. The van der Waals surface area contributed by atoms with Crippen LogP contribution in [-0.2, 0) is 0 Å². The summed E-state index contributed by atoms with van der Waals surface area (Å²) in [6, 6.07) is 6.54. The number of halogens is 3. The van der Waals surface area contributed by atoms with Crippen LogP contribution < -0.4 is 16.4 Å². The average Bonchev–Trinajstić information content (AvgIpc) is 2.39. The third kappa shape index (κ3) is 5.44. The Morgan fingerprint density at radius 3 is 2.50 bits per heavy atom. The van der Waals surface area contributed by atoms with Crippen LogP contribution in [0.3, 0.4) is 0 Å². The van der Waals surface area contributed by atoms with E-state index in [0.29, 0.717) is 31.6 Å². The fourth-order valence-corrected chi connectivity index (χ4v) is 2.55. The fourth-order valence-electron chi connectivity index (χ4n) is 2.55. The molecule has 0 saturated carbocycles. The average molecular weight is 316 g/mol. The molecule has 1 aliphatic heterocycles. The Hall–Kier alpha value is -1.96. The number of urea groups is 1. The second-order valence-electron chi connectivity index (χ2n) is 5.38. The molecule has 122 valence electrons. The van der Waals surface area contributed by atoms with Crippen molar-refractivity contribution >= 4 is 17.4 Å². The molecule has 1 heterocycles. The predicted octanol–water partition coefficient (Wildman–Crippen LogP) is 2.62.